The lowest BCUT2D eigenvalue weighted by atomic mass is 9.92. The van der Waals surface area contributed by atoms with Crippen molar-refractivity contribution in [2.75, 3.05) is 26.2 Å². The van der Waals surface area contributed by atoms with Crippen LogP contribution >= 0.6 is 0 Å². The summed E-state index contributed by atoms with van der Waals surface area (Å²) in [5, 5.41) is 17.3. The standard InChI is InChI=1S/C22H38N6/c1-21(15-17-7-8-17,19-23-11-3-4-12-24-19)27-28-22(2,16-18-9-10-18)20-25-13-5-6-14-26-20/h17-18H,3-16H2,1-2H3,(H,23,24)(H,25,26)/b28-27+. The summed E-state index contributed by atoms with van der Waals surface area (Å²) in [6.07, 6.45) is 12.1. The molecule has 0 spiro atoms. The van der Waals surface area contributed by atoms with Crippen molar-refractivity contribution in [3.8, 4) is 0 Å². The monoisotopic (exact) mass is 386 g/mol. The van der Waals surface area contributed by atoms with E-state index in [-0.39, 0.29) is 11.1 Å². The molecule has 2 saturated carbocycles. The molecule has 2 unspecified atom stereocenters. The highest BCUT2D eigenvalue weighted by Gasteiger charge is 2.42. The Morgan fingerprint density at radius 1 is 0.750 bits per heavy atom. The maximum Gasteiger partial charge on any atom is 0.136 e. The largest absolute Gasteiger partial charge is 0.372 e. The van der Waals surface area contributed by atoms with Crippen molar-refractivity contribution in [1.82, 2.24) is 10.6 Å². The normalized spacial score (nSPS) is 28.1. The minimum atomic E-state index is -0.332. The van der Waals surface area contributed by atoms with Gasteiger partial charge in [-0.25, -0.2) is 0 Å². The van der Waals surface area contributed by atoms with Crippen molar-refractivity contribution in [3.05, 3.63) is 0 Å². The first-order valence-corrected chi connectivity index (χ1v) is 11.6. The average molecular weight is 387 g/mol. The molecule has 2 aliphatic carbocycles. The van der Waals surface area contributed by atoms with Crippen molar-refractivity contribution in [2.24, 2.45) is 32.0 Å². The number of hydrogen-bond acceptors (Lipinski definition) is 6. The van der Waals surface area contributed by atoms with Crippen molar-refractivity contribution >= 4 is 11.7 Å². The molecule has 0 amide bonds. The summed E-state index contributed by atoms with van der Waals surface area (Å²) in [5.41, 5.74) is -0.663. The molecule has 4 aliphatic rings. The van der Waals surface area contributed by atoms with Gasteiger partial charge in [0, 0.05) is 26.2 Å². The van der Waals surface area contributed by atoms with Crippen LogP contribution in [0, 0.1) is 11.8 Å². The molecule has 28 heavy (non-hydrogen) atoms. The van der Waals surface area contributed by atoms with Crippen LogP contribution in [0.4, 0.5) is 0 Å². The third kappa shape index (κ3) is 5.12. The molecule has 2 atom stereocenters. The maximum atomic E-state index is 5.07. The number of aliphatic imine (C=N–C) groups is 2. The van der Waals surface area contributed by atoms with E-state index in [0.717, 1.165) is 75.4 Å². The number of nitrogens with zero attached hydrogens (tertiary/aromatic N) is 4. The number of rotatable bonds is 8. The molecule has 6 heteroatoms. The summed E-state index contributed by atoms with van der Waals surface area (Å²) in [4.78, 5) is 9.77. The Morgan fingerprint density at radius 3 is 1.57 bits per heavy atom. The SMILES string of the molecule is CC(CC1CC1)(/N=N/C(C)(CC1CC1)C1=NCCCCN1)C1=NCCCCN1. The van der Waals surface area contributed by atoms with Crippen molar-refractivity contribution < 1.29 is 0 Å². The zero-order valence-electron chi connectivity index (χ0n) is 17.8. The highest BCUT2D eigenvalue weighted by atomic mass is 15.3. The average Bonchev–Trinajstić information content (AvgIpc) is 3.55. The second-order valence-corrected chi connectivity index (χ2v) is 9.77. The third-order valence-corrected chi connectivity index (χ3v) is 6.57. The van der Waals surface area contributed by atoms with Gasteiger partial charge in [-0.1, -0.05) is 25.7 Å². The molecular formula is C22H38N6. The van der Waals surface area contributed by atoms with E-state index in [2.05, 4.69) is 24.5 Å². The molecule has 0 bridgehead atoms. The van der Waals surface area contributed by atoms with Crippen LogP contribution in [0.3, 0.4) is 0 Å². The topological polar surface area (TPSA) is 73.5 Å². The van der Waals surface area contributed by atoms with Crippen molar-refractivity contribution in [1.29, 1.82) is 0 Å². The van der Waals surface area contributed by atoms with Crippen LogP contribution in [0.2, 0.25) is 0 Å². The van der Waals surface area contributed by atoms with Crippen LogP contribution in [-0.2, 0) is 0 Å². The van der Waals surface area contributed by atoms with Gasteiger partial charge in [0.2, 0.25) is 0 Å². The lowest BCUT2D eigenvalue weighted by Crippen LogP contribution is -2.46. The van der Waals surface area contributed by atoms with Gasteiger partial charge in [-0.2, -0.15) is 10.2 Å². The summed E-state index contributed by atoms with van der Waals surface area (Å²) in [5.74, 6) is 3.68. The Bertz CT molecular complexity index is 579. The minimum Gasteiger partial charge on any atom is -0.372 e. The van der Waals surface area contributed by atoms with Crippen LogP contribution in [0.1, 0.15) is 78.1 Å². The molecule has 2 heterocycles. The van der Waals surface area contributed by atoms with Crippen LogP contribution in [0.15, 0.2) is 20.2 Å². The number of nitrogens with one attached hydrogen (secondary N) is 2. The highest BCUT2D eigenvalue weighted by Crippen LogP contribution is 2.41. The van der Waals surface area contributed by atoms with Gasteiger partial charge in [-0.3, -0.25) is 9.98 Å². The quantitative estimate of drug-likeness (QED) is 0.616. The summed E-state index contributed by atoms with van der Waals surface area (Å²) in [6, 6.07) is 0. The van der Waals surface area contributed by atoms with E-state index in [9.17, 15) is 0 Å². The zero-order chi connectivity index (χ0) is 19.5. The van der Waals surface area contributed by atoms with Crippen LogP contribution in [0.25, 0.3) is 0 Å². The summed E-state index contributed by atoms with van der Waals surface area (Å²) in [7, 11) is 0. The predicted molar refractivity (Wildman–Crippen MR) is 115 cm³/mol. The Kier molecular flexibility index (Phi) is 6.02. The zero-order valence-corrected chi connectivity index (χ0v) is 17.8. The molecule has 0 aromatic carbocycles. The molecular weight excluding hydrogens is 348 g/mol. The molecule has 2 aliphatic heterocycles. The Morgan fingerprint density at radius 2 is 1.18 bits per heavy atom. The molecule has 2 fully saturated rings. The minimum absolute atomic E-state index is 0.332. The van der Waals surface area contributed by atoms with E-state index in [4.69, 9.17) is 20.2 Å². The van der Waals surface area contributed by atoms with Gasteiger partial charge in [-0.05, 0) is 64.2 Å². The fourth-order valence-corrected chi connectivity index (χ4v) is 4.46. The van der Waals surface area contributed by atoms with Gasteiger partial charge < -0.3 is 10.6 Å². The summed E-state index contributed by atoms with van der Waals surface area (Å²) in [6.45, 7) is 8.31. The molecule has 156 valence electrons. The van der Waals surface area contributed by atoms with E-state index in [1.54, 1.807) is 0 Å². The second kappa shape index (κ2) is 8.50. The first-order valence-electron chi connectivity index (χ1n) is 11.6. The number of amidine groups is 2. The first-order chi connectivity index (χ1) is 13.6. The van der Waals surface area contributed by atoms with E-state index in [1.165, 1.54) is 38.5 Å². The lowest BCUT2D eigenvalue weighted by Gasteiger charge is -2.31. The molecule has 0 aromatic rings. The fourth-order valence-electron chi connectivity index (χ4n) is 4.46. The maximum absolute atomic E-state index is 5.07. The molecule has 2 N–H and O–H groups in total. The predicted octanol–water partition coefficient (Wildman–Crippen LogP) is 4.12. The Hall–Kier alpha value is -1.46. The van der Waals surface area contributed by atoms with E-state index in [1.807, 2.05) is 0 Å². The van der Waals surface area contributed by atoms with Crippen molar-refractivity contribution in [2.45, 2.75) is 89.1 Å². The van der Waals surface area contributed by atoms with Crippen molar-refractivity contribution in [3.63, 3.8) is 0 Å². The second-order valence-electron chi connectivity index (χ2n) is 9.77. The van der Waals surface area contributed by atoms with Gasteiger partial charge in [0.05, 0.1) is 0 Å². The van der Waals surface area contributed by atoms with E-state index >= 15 is 0 Å². The first kappa shape index (κ1) is 19.8. The van der Waals surface area contributed by atoms with Crippen LogP contribution in [0.5, 0.6) is 0 Å². The molecule has 0 aromatic heterocycles. The molecule has 0 saturated heterocycles. The van der Waals surface area contributed by atoms with Gasteiger partial charge >= 0.3 is 0 Å². The van der Waals surface area contributed by atoms with Crippen LogP contribution in [-0.4, -0.2) is 48.9 Å². The molecule has 6 nitrogen and oxygen atoms in total. The van der Waals surface area contributed by atoms with Gasteiger partial charge in [0.25, 0.3) is 0 Å². The van der Waals surface area contributed by atoms with Gasteiger partial charge in [0.1, 0.15) is 22.7 Å². The van der Waals surface area contributed by atoms with E-state index < -0.39 is 0 Å². The van der Waals surface area contributed by atoms with E-state index in [0.29, 0.717) is 0 Å². The smallest absolute Gasteiger partial charge is 0.136 e. The number of hydrogen-bond donors (Lipinski definition) is 2. The Labute approximate surface area is 170 Å². The molecule has 4 rings (SSSR count). The third-order valence-electron chi connectivity index (χ3n) is 6.57. The van der Waals surface area contributed by atoms with Gasteiger partial charge in [0.15, 0.2) is 0 Å². The Balaban J connectivity index is 1.59. The highest BCUT2D eigenvalue weighted by molar-refractivity contribution is 5.92. The summed E-state index contributed by atoms with van der Waals surface area (Å²) >= 11 is 0. The lowest BCUT2D eigenvalue weighted by molar-refractivity contribution is 0.432. The van der Waals surface area contributed by atoms with Crippen LogP contribution < -0.4 is 10.6 Å². The molecule has 0 radical (unpaired) electrons. The van der Waals surface area contributed by atoms with Gasteiger partial charge in [-0.15, -0.1) is 0 Å². The summed E-state index contributed by atoms with van der Waals surface area (Å²) < 4.78 is 0. The fraction of sp³-hybridized carbons (Fsp3) is 0.909. The number of azo groups is 1.